The van der Waals surface area contributed by atoms with Gasteiger partial charge in [0.1, 0.15) is 6.61 Å². The Morgan fingerprint density at radius 1 is 0.964 bits per heavy atom. The van der Waals surface area contributed by atoms with Crippen molar-refractivity contribution in [2.75, 3.05) is 0 Å². The molecular weight excluding hydrogens is 352 g/mol. The molecule has 1 aliphatic carbocycles. The van der Waals surface area contributed by atoms with Gasteiger partial charge in [-0.25, -0.2) is 4.79 Å². The van der Waals surface area contributed by atoms with Crippen LogP contribution >= 0.6 is 0 Å². The molecule has 28 heavy (non-hydrogen) atoms. The summed E-state index contributed by atoms with van der Waals surface area (Å²) in [7, 11) is 0. The molecule has 1 aromatic heterocycles. The number of pyridine rings is 1. The molecule has 0 unspecified atom stereocenters. The maximum absolute atomic E-state index is 13.1. The number of fused-ring (bicyclic) bond motifs is 2. The molecule has 2 N–H and O–H groups in total. The van der Waals surface area contributed by atoms with Crippen LogP contribution in [-0.4, -0.2) is 16.9 Å². The molecule has 0 radical (unpaired) electrons. The average molecular weight is 374 g/mol. The lowest BCUT2D eigenvalue weighted by atomic mass is 9.97. The Morgan fingerprint density at radius 2 is 1.71 bits per heavy atom. The Bertz CT molecular complexity index is 1040. The van der Waals surface area contributed by atoms with E-state index in [1.54, 1.807) is 24.3 Å². The van der Waals surface area contributed by atoms with Gasteiger partial charge in [-0.05, 0) is 55.0 Å². The van der Waals surface area contributed by atoms with Crippen molar-refractivity contribution in [3.05, 3.63) is 76.5 Å². The van der Waals surface area contributed by atoms with Gasteiger partial charge in [0.2, 0.25) is 5.91 Å². The SMILES string of the molecule is NC(=O)c1ccc(COC(=O)c2c3c(nc4ccccc24)CCCCC3)cc1. The van der Waals surface area contributed by atoms with Gasteiger partial charge in [-0.1, -0.05) is 36.8 Å². The summed E-state index contributed by atoms with van der Waals surface area (Å²) >= 11 is 0. The molecule has 0 saturated carbocycles. The quantitative estimate of drug-likeness (QED) is 0.553. The fourth-order valence-electron chi connectivity index (χ4n) is 3.77. The summed E-state index contributed by atoms with van der Waals surface area (Å²) in [4.78, 5) is 29.1. The van der Waals surface area contributed by atoms with Crippen LogP contribution < -0.4 is 5.73 Å². The van der Waals surface area contributed by atoms with Gasteiger partial charge < -0.3 is 10.5 Å². The zero-order valence-corrected chi connectivity index (χ0v) is 15.6. The van der Waals surface area contributed by atoms with Crippen molar-refractivity contribution in [2.24, 2.45) is 5.73 Å². The first-order chi connectivity index (χ1) is 13.6. The standard InChI is InChI=1S/C23H22N2O3/c24-22(26)16-12-10-15(11-13-16)14-28-23(27)21-17-6-2-1-3-8-19(17)25-20-9-5-4-7-18(20)21/h4-5,7,9-13H,1-3,6,8,14H2,(H2,24,26). The molecule has 0 saturated heterocycles. The molecule has 0 bridgehead atoms. The van der Waals surface area contributed by atoms with Crippen LogP contribution in [0, 0.1) is 0 Å². The molecule has 3 aromatic rings. The minimum Gasteiger partial charge on any atom is -0.457 e. The normalized spacial score (nSPS) is 13.6. The van der Waals surface area contributed by atoms with Crippen LogP contribution in [0.2, 0.25) is 0 Å². The molecule has 0 aliphatic heterocycles. The van der Waals surface area contributed by atoms with Crippen molar-refractivity contribution in [2.45, 2.75) is 38.7 Å². The molecular formula is C23H22N2O3. The second kappa shape index (κ2) is 7.80. The summed E-state index contributed by atoms with van der Waals surface area (Å²) in [6, 6.07) is 14.5. The van der Waals surface area contributed by atoms with Crippen LogP contribution in [0.4, 0.5) is 0 Å². The number of nitrogens with zero attached hydrogens (tertiary/aromatic N) is 1. The number of nitrogens with two attached hydrogens (primary N) is 1. The monoisotopic (exact) mass is 374 g/mol. The second-order valence-electron chi connectivity index (χ2n) is 7.13. The number of benzene rings is 2. The number of hydrogen-bond acceptors (Lipinski definition) is 4. The highest BCUT2D eigenvalue weighted by Gasteiger charge is 2.22. The van der Waals surface area contributed by atoms with Gasteiger partial charge in [0.25, 0.3) is 0 Å². The van der Waals surface area contributed by atoms with E-state index in [0.29, 0.717) is 11.1 Å². The summed E-state index contributed by atoms with van der Waals surface area (Å²) in [6.45, 7) is 0.142. The highest BCUT2D eigenvalue weighted by molar-refractivity contribution is 6.05. The first kappa shape index (κ1) is 18.2. The number of esters is 1. The van der Waals surface area contributed by atoms with Crippen LogP contribution in [0.15, 0.2) is 48.5 Å². The summed E-state index contributed by atoms with van der Waals surface area (Å²) < 4.78 is 5.65. The first-order valence-corrected chi connectivity index (χ1v) is 9.60. The average Bonchev–Trinajstić information content (AvgIpc) is 2.95. The molecule has 0 atom stereocenters. The molecule has 4 rings (SSSR count). The third-order valence-electron chi connectivity index (χ3n) is 5.23. The number of aryl methyl sites for hydroxylation is 1. The Hall–Kier alpha value is -3.21. The number of ether oxygens (including phenoxy) is 1. The summed E-state index contributed by atoms with van der Waals surface area (Å²) in [6.07, 6.45) is 5.05. The van der Waals surface area contributed by atoms with Crippen molar-refractivity contribution < 1.29 is 14.3 Å². The lowest BCUT2D eigenvalue weighted by molar-refractivity contribution is 0.0473. The number of hydrogen-bond donors (Lipinski definition) is 1. The third-order valence-corrected chi connectivity index (χ3v) is 5.23. The van der Waals surface area contributed by atoms with Gasteiger partial charge in [0.05, 0.1) is 11.1 Å². The maximum Gasteiger partial charge on any atom is 0.339 e. The van der Waals surface area contributed by atoms with E-state index in [-0.39, 0.29) is 12.6 Å². The number of para-hydroxylation sites is 1. The second-order valence-corrected chi connectivity index (χ2v) is 7.13. The highest BCUT2D eigenvalue weighted by Crippen LogP contribution is 2.29. The van der Waals surface area contributed by atoms with E-state index in [1.807, 2.05) is 24.3 Å². The van der Waals surface area contributed by atoms with Crippen molar-refractivity contribution >= 4 is 22.8 Å². The fraction of sp³-hybridized carbons (Fsp3) is 0.261. The van der Waals surface area contributed by atoms with E-state index in [9.17, 15) is 9.59 Å². The van der Waals surface area contributed by atoms with Crippen molar-refractivity contribution in [1.82, 2.24) is 4.98 Å². The van der Waals surface area contributed by atoms with E-state index >= 15 is 0 Å². The topological polar surface area (TPSA) is 82.3 Å². The smallest absolute Gasteiger partial charge is 0.339 e. The lowest BCUT2D eigenvalue weighted by Gasteiger charge is -2.15. The van der Waals surface area contributed by atoms with Crippen LogP contribution in [0.1, 0.15) is 56.8 Å². The van der Waals surface area contributed by atoms with Crippen molar-refractivity contribution in [3.8, 4) is 0 Å². The van der Waals surface area contributed by atoms with Gasteiger partial charge in [-0.15, -0.1) is 0 Å². The van der Waals surface area contributed by atoms with Gasteiger partial charge in [0.15, 0.2) is 0 Å². The largest absolute Gasteiger partial charge is 0.457 e. The Balaban J connectivity index is 1.64. The Labute approximate surface area is 163 Å². The summed E-state index contributed by atoms with van der Waals surface area (Å²) in [5.41, 5.74) is 10.0. The number of carbonyl (C=O) groups is 2. The Morgan fingerprint density at radius 3 is 2.50 bits per heavy atom. The van der Waals surface area contributed by atoms with Crippen LogP contribution in [0.25, 0.3) is 10.9 Å². The molecule has 5 nitrogen and oxygen atoms in total. The number of carbonyl (C=O) groups excluding carboxylic acids is 2. The van der Waals surface area contributed by atoms with E-state index in [2.05, 4.69) is 0 Å². The molecule has 2 aromatic carbocycles. The predicted octanol–water partition coefficient (Wildman–Crippen LogP) is 3.96. The van der Waals surface area contributed by atoms with Gasteiger partial charge >= 0.3 is 5.97 Å². The van der Waals surface area contributed by atoms with Crippen molar-refractivity contribution in [3.63, 3.8) is 0 Å². The van der Waals surface area contributed by atoms with E-state index in [1.165, 1.54) is 0 Å². The van der Waals surface area contributed by atoms with Crippen LogP contribution in [0.5, 0.6) is 0 Å². The third kappa shape index (κ3) is 3.60. The molecule has 5 heteroatoms. The molecule has 0 spiro atoms. The molecule has 1 aliphatic rings. The Kier molecular flexibility index (Phi) is 5.06. The van der Waals surface area contributed by atoms with Crippen LogP contribution in [0.3, 0.4) is 0 Å². The molecule has 1 amide bonds. The van der Waals surface area contributed by atoms with Crippen LogP contribution in [-0.2, 0) is 24.2 Å². The highest BCUT2D eigenvalue weighted by atomic mass is 16.5. The number of rotatable bonds is 4. The van der Waals surface area contributed by atoms with E-state index in [4.69, 9.17) is 15.5 Å². The van der Waals surface area contributed by atoms with E-state index in [0.717, 1.165) is 59.8 Å². The number of aromatic nitrogens is 1. The van der Waals surface area contributed by atoms with Gasteiger partial charge in [-0.3, -0.25) is 9.78 Å². The number of primary amides is 1. The minimum absolute atomic E-state index is 0.142. The summed E-state index contributed by atoms with van der Waals surface area (Å²) in [5.74, 6) is -0.801. The molecule has 142 valence electrons. The van der Waals surface area contributed by atoms with Crippen molar-refractivity contribution in [1.29, 1.82) is 0 Å². The van der Waals surface area contributed by atoms with E-state index < -0.39 is 5.91 Å². The maximum atomic E-state index is 13.1. The lowest BCUT2D eigenvalue weighted by Crippen LogP contribution is -2.13. The molecule has 0 fully saturated rings. The van der Waals surface area contributed by atoms with Gasteiger partial charge in [-0.2, -0.15) is 0 Å². The first-order valence-electron chi connectivity index (χ1n) is 9.60. The minimum atomic E-state index is -0.477. The zero-order chi connectivity index (χ0) is 19.5. The van der Waals surface area contributed by atoms with Gasteiger partial charge in [0, 0.05) is 16.6 Å². The predicted molar refractivity (Wildman–Crippen MR) is 107 cm³/mol. The zero-order valence-electron chi connectivity index (χ0n) is 15.6. The summed E-state index contributed by atoms with van der Waals surface area (Å²) in [5, 5.41) is 0.845. The molecule has 1 heterocycles. The number of amides is 1. The fourth-order valence-corrected chi connectivity index (χ4v) is 3.77.